The maximum absolute atomic E-state index is 6.31. The number of nitrogens with zero attached hydrogens (tertiary/aromatic N) is 1. The van der Waals surface area contributed by atoms with Gasteiger partial charge in [-0.2, -0.15) is 4.98 Å². The fraction of sp³-hybridized carbons (Fsp3) is 0.229. The fourth-order valence-electron chi connectivity index (χ4n) is 4.85. The van der Waals surface area contributed by atoms with Gasteiger partial charge in [0, 0.05) is 11.6 Å². The number of pyridine rings is 1. The first kappa shape index (κ1) is 27.1. The first-order chi connectivity index (χ1) is 19.8. The average Bonchev–Trinajstić information content (AvgIpc) is 3.21. The standard InChI is InChI=1S/C35H34BNO4/c1-34(2)35(3,4)41-36(40-34)30-18-17-27-15-16-28(21-29(27)22-30)31-19-20-32(38-23-25-11-7-5-8-12-25)37-33(31)39-24-26-13-9-6-10-14-26/h5-22H,23-24H2,1-4H3. The quantitative estimate of drug-likeness (QED) is 0.192. The van der Waals surface area contributed by atoms with E-state index in [0.717, 1.165) is 38.5 Å². The Labute approximate surface area is 242 Å². The Morgan fingerprint density at radius 1 is 0.634 bits per heavy atom. The normalized spacial score (nSPS) is 15.7. The van der Waals surface area contributed by atoms with E-state index in [0.29, 0.717) is 25.0 Å². The van der Waals surface area contributed by atoms with Gasteiger partial charge >= 0.3 is 7.12 Å². The third-order valence-corrected chi connectivity index (χ3v) is 7.98. The van der Waals surface area contributed by atoms with Gasteiger partial charge in [-0.05, 0) is 72.8 Å². The molecule has 206 valence electrons. The molecule has 4 aromatic carbocycles. The van der Waals surface area contributed by atoms with Crippen LogP contribution in [0.2, 0.25) is 0 Å². The number of hydrogen-bond acceptors (Lipinski definition) is 5. The molecule has 6 heteroatoms. The summed E-state index contributed by atoms with van der Waals surface area (Å²) < 4.78 is 25.0. The van der Waals surface area contributed by atoms with Crippen molar-refractivity contribution in [2.75, 3.05) is 0 Å². The Morgan fingerprint density at radius 3 is 1.90 bits per heavy atom. The van der Waals surface area contributed by atoms with Crippen molar-refractivity contribution in [2.24, 2.45) is 0 Å². The molecule has 0 spiro atoms. The van der Waals surface area contributed by atoms with Gasteiger partial charge < -0.3 is 18.8 Å². The maximum atomic E-state index is 6.31. The second kappa shape index (κ2) is 11.0. The number of ether oxygens (including phenoxy) is 2. The van der Waals surface area contributed by atoms with Crippen molar-refractivity contribution in [1.82, 2.24) is 4.98 Å². The number of rotatable bonds is 8. The van der Waals surface area contributed by atoms with Gasteiger partial charge in [0.2, 0.25) is 11.8 Å². The third-order valence-electron chi connectivity index (χ3n) is 7.98. The zero-order chi connectivity index (χ0) is 28.5. The summed E-state index contributed by atoms with van der Waals surface area (Å²) in [4.78, 5) is 4.79. The van der Waals surface area contributed by atoms with Gasteiger partial charge in [0.15, 0.2) is 0 Å². The minimum Gasteiger partial charge on any atom is -0.473 e. The van der Waals surface area contributed by atoms with Crippen LogP contribution in [0.25, 0.3) is 21.9 Å². The summed E-state index contributed by atoms with van der Waals surface area (Å²) in [5.74, 6) is 1.05. The lowest BCUT2D eigenvalue weighted by molar-refractivity contribution is 0.00578. The monoisotopic (exact) mass is 543 g/mol. The molecule has 5 aromatic rings. The van der Waals surface area contributed by atoms with Crippen molar-refractivity contribution < 1.29 is 18.8 Å². The van der Waals surface area contributed by atoms with Crippen molar-refractivity contribution in [3.05, 3.63) is 120 Å². The lowest BCUT2D eigenvalue weighted by Gasteiger charge is -2.32. The highest BCUT2D eigenvalue weighted by atomic mass is 16.7. The molecule has 0 aliphatic carbocycles. The molecule has 5 nitrogen and oxygen atoms in total. The van der Waals surface area contributed by atoms with Crippen LogP contribution in [-0.2, 0) is 22.5 Å². The summed E-state index contributed by atoms with van der Waals surface area (Å²) in [5.41, 5.74) is 4.27. The molecule has 2 heterocycles. The van der Waals surface area contributed by atoms with E-state index in [1.165, 1.54) is 0 Å². The number of aromatic nitrogens is 1. The molecule has 0 radical (unpaired) electrons. The largest absolute Gasteiger partial charge is 0.494 e. The maximum Gasteiger partial charge on any atom is 0.494 e. The third kappa shape index (κ3) is 5.85. The second-order valence-corrected chi connectivity index (χ2v) is 11.5. The van der Waals surface area contributed by atoms with Crippen LogP contribution in [0.1, 0.15) is 38.8 Å². The van der Waals surface area contributed by atoms with Crippen LogP contribution in [-0.4, -0.2) is 23.3 Å². The van der Waals surface area contributed by atoms with Crippen molar-refractivity contribution in [3.63, 3.8) is 0 Å². The molecule has 0 atom stereocenters. The molecule has 0 saturated carbocycles. The molecule has 1 fully saturated rings. The molecule has 6 rings (SSSR count). The van der Waals surface area contributed by atoms with Gasteiger partial charge in [0.1, 0.15) is 13.2 Å². The van der Waals surface area contributed by atoms with Crippen LogP contribution in [0.3, 0.4) is 0 Å². The van der Waals surface area contributed by atoms with Gasteiger partial charge in [0.25, 0.3) is 0 Å². The minimum atomic E-state index is -0.416. The first-order valence-electron chi connectivity index (χ1n) is 14.0. The van der Waals surface area contributed by atoms with Crippen LogP contribution in [0.5, 0.6) is 11.8 Å². The summed E-state index contributed by atoms with van der Waals surface area (Å²) in [6, 6.07) is 36.8. The molecule has 1 aliphatic rings. The Morgan fingerprint density at radius 2 is 1.24 bits per heavy atom. The van der Waals surface area contributed by atoms with Crippen molar-refractivity contribution >= 4 is 23.4 Å². The van der Waals surface area contributed by atoms with Gasteiger partial charge in [0.05, 0.1) is 11.2 Å². The van der Waals surface area contributed by atoms with E-state index in [4.69, 9.17) is 23.8 Å². The van der Waals surface area contributed by atoms with Gasteiger partial charge in [-0.1, -0.05) is 91.0 Å². The highest BCUT2D eigenvalue weighted by Crippen LogP contribution is 2.37. The number of benzene rings is 4. The molecule has 0 N–H and O–H groups in total. The molecular weight excluding hydrogens is 509 g/mol. The van der Waals surface area contributed by atoms with Gasteiger partial charge in [-0.15, -0.1) is 0 Å². The zero-order valence-electron chi connectivity index (χ0n) is 24.0. The van der Waals surface area contributed by atoms with Crippen LogP contribution >= 0.6 is 0 Å². The van der Waals surface area contributed by atoms with E-state index < -0.39 is 18.3 Å². The van der Waals surface area contributed by atoms with Gasteiger partial charge in [-0.25, -0.2) is 0 Å². The molecule has 0 amide bonds. The van der Waals surface area contributed by atoms with Crippen LogP contribution in [0.4, 0.5) is 0 Å². The van der Waals surface area contributed by atoms with Gasteiger partial charge in [-0.3, -0.25) is 0 Å². The highest BCUT2D eigenvalue weighted by Gasteiger charge is 2.51. The topological polar surface area (TPSA) is 49.8 Å². The van der Waals surface area contributed by atoms with E-state index in [2.05, 4.69) is 64.1 Å². The average molecular weight is 543 g/mol. The summed E-state index contributed by atoms with van der Waals surface area (Å²) in [5, 5.41) is 2.23. The summed E-state index contributed by atoms with van der Waals surface area (Å²) >= 11 is 0. The molecule has 0 unspecified atom stereocenters. The zero-order valence-corrected chi connectivity index (χ0v) is 24.0. The summed E-state index contributed by atoms with van der Waals surface area (Å²) in [7, 11) is -0.416. The summed E-state index contributed by atoms with van der Waals surface area (Å²) in [6.07, 6.45) is 0. The molecular formula is C35H34BNO4. The second-order valence-electron chi connectivity index (χ2n) is 11.5. The molecule has 1 aromatic heterocycles. The Kier molecular flexibility index (Phi) is 7.29. The van der Waals surface area contributed by atoms with E-state index in [1.54, 1.807) is 0 Å². The first-order valence-corrected chi connectivity index (χ1v) is 14.0. The van der Waals surface area contributed by atoms with E-state index >= 15 is 0 Å². The van der Waals surface area contributed by atoms with Crippen LogP contribution < -0.4 is 14.9 Å². The molecule has 0 bridgehead atoms. The van der Waals surface area contributed by atoms with Crippen molar-refractivity contribution in [3.8, 4) is 22.9 Å². The fourth-order valence-corrected chi connectivity index (χ4v) is 4.85. The Hall–Kier alpha value is -4.13. The lowest BCUT2D eigenvalue weighted by atomic mass is 9.78. The molecule has 41 heavy (non-hydrogen) atoms. The number of hydrogen-bond donors (Lipinski definition) is 0. The predicted molar refractivity (Wildman–Crippen MR) is 164 cm³/mol. The molecule has 1 saturated heterocycles. The summed E-state index contributed by atoms with van der Waals surface area (Å²) in [6.45, 7) is 9.13. The predicted octanol–water partition coefficient (Wildman–Crippen LogP) is 7.36. The number of fused-ring (bicyclic) bond motifs is 1. The van der Waals surface area contributed by atoms with Crippen molar-refractivity contribution in [2.45, 2.75) is 52.1 Å². The minimum absolute atomic E-state index is 0.393. The van der Waals surface area contributed by atoms with Crippen LogP contribution in [0, 0.1) is 0 Å². The SMILES string of the molecule is CC1(C)OB(c2ccc3ccc(-c4ccc(OCc5ccccc5)nc4OCc4ccccc4)cc3c2)OC1(C)C. The molecule has 1 aliphatic heterocycles. The van der Waals surface area contributed by atoms with E-state index in [9.17, 15) is 0 Å². The lowest BCUT2D eigenvalue weighted by Crippen LogP contribution is -2.41. The van der Waals surface area contributed by atoms with E-state index in [-0.39, 0.29) is 0 Å². The Balaban J connectivity index is 1.31. The van der Waals surface area contributed by atoms with Crippen molar-refractivity contribution in [1.29, 1.82) is 0 Å². The van der Waals surface area contributed by atoms with E-state index in [1.807, 2.05) is 72.8 Å². The van der Waals surface area contributed by atoms with Crippen LogP contribution in [0.15, 0.2) is 109 Å². The smallest absolute Gasteiger partial charge is 0.473 e. The Bertz CT molecular complexity index is 1640. The highest BCUT2D eigenvalue weighted by molar-refractivity contribution is 6.62.